The minimum absolute atomic E-state index is 0.126. The third-order valence-electron chi connectivity index (χ3n) is 4.72. The molecule has 0 amide bonds. The summed E-state index contributed by atoms with van der Waals surface area (Å²) in [7, 11) is 0. The van der Waals surface area contributed by atoms with E-state index in [0.717, 1.165) is 38.6 Å². The van der Waals surface area contributed by atoms with Crippen molar-refractivity contribution in [3.8, 4) is 11.5 Å². The molecule has 0 radical (unpaired) electrons. The number of aliphatic hydroxyl groups excluding tert-OH is 1. The fraction of sp³-hybridized carbons (Fsp3) is 0.167. The number of rotatable bonds is 6. The number of aryl methyl sites for hydroxylation is 1. The Morgan fingerprint density at radius 2 is 1.54 bits per heavy atom. The van der Waals surface area contributed by atoms with E-state index < -0.39 is 6.10 Å². The predicted octanol–water partition coefficient (Wildman–Crippen LogP) is 5.77. The van der Waals surface area contributed by atoms with E-state index in [1.807, 2.05) is 73.7 Å². The monoisotopic (exact) mass is 392 g/mol. The van der Waals surface area contributed by atoms with Crippen molar-refractivity contribution in [3.05, 3.63) is 83.4 Å². The van der Waals surface area contributed by atoms with Crippen LogP contribution in [0.4, 0.5) is 0 Å². The molecule has 0 aromatic heterocycles. The van der Waals surface area contributed by atoms with Gasteiger partial charge in [-0.2, -0.15) is 0 Å². The Bertz CT molecular complexity index is 1120. The second kappa shape index (κ2) is 8.09. The Kier molecular flexibility index (Phi) is 5.38. The number of benzene rings is 4. The number of hydrogen-bond acceptors (Lipinski definition) is 3. The average molecular weight is 393 g/mol. The van der Waals surface area contributed by atoms with Crippen molar-refractivity contribution in [3.63, 3.8) is 0 Å². The Labute approximate surface area is 169 Å². The Morgan fingerprint density at radius 3 is 2.39 bits per heavy atom. The third-order valence-corrected chi connectivity index (χ3v) is 4.96. The second-order valence-corrected chi connectivity index (χ2v) is 7.27. The van der Waals surface area contributed by atoms with Crippen molar-refractivity contribution in [2.75, 3.05) is 13.2 Å². The molecule has 4 aromatic rings. The van der Waals surface area contributed by atoms with Crippen molar-refractivity contribution in [1.82, 2.24) is 0 Å². The van der Waals surface area contributed by atoms with Gasteiger partial charge in [-0.1, -0.05) is 60.1 Å². The molecule has 0 aliphatic rings. The van der Waals surface area contributed by atoms with Crippen LogP contribution in [0.2, 0.25) is 5.02 Å². The van der Waals surface area contributed by atoms with Gasteiger partial charge in [0.25, 0.3) is 0 Å². The van der Waals surface area contributed by atoms with Gasteiger partial charge in [0.2, 0.25) is 0 Å². The molecule has 0 aliphatic heterocycles. The fourth-order valence-electron chi connectivity index (χ4n) is 3.28. The van der Waals surface area contributed by atoms with E-state index in [2.05, 4.69) is 6.07 Å². The third kappa shape index (κ3) is 3.91. The average Bonchev–Trinajstić information content (AvgIpc) is 2.70. The van der Waals surface area contributed by atoms with Gasteiger partial charge in [-0.05, 0) is 47.5 Å². The molecule has 28 heavy (non-hydrogen) atoms. The molecule has 0 saturated carbocycles. The van der Waals surface area contributed by atoms with Crippen molar-refractivity contribution in [2.24, 2.45) is 0 Å². The second-order valence-electron chi connectivity index (χ2n) is 6.83. The number of para-hydroxylation sites is 1. The molecule has 0 aliphatic carbocycles. The summed E-state index contributed by atoms with van der Waals surface area (Å²) in [5.41, 5.74) is 1.03. The van der Waals surface area contributed by atoms with E-state index >= 15 is 0 Å². The summed E-state index contributed by atoms with van der Waals surface area (Å²) in [4.78, 5) is 0. The first kappa shape index (κ1) is 18.6. The highest BCUT2D eigenvalue weighted by Crippen LogP contribution is 2.36. The van der Waals surface area contributed by atoms with E-state index in [1.165, 1.54) is 0 Å². The summed E-state index contributed by atoms with van der Waals surface area (Å²) in [6, 6.07) is 23.6. The van der Waals surface area contributed by atoms with Gasteiger partial charge in [0.1, 0.15) is 30.8 Å². The van der Waals surface area contributed by atoms with Crippen molar-refractivity contribution in [1.29, 1.82) is 0 Å². The lowest BCUT2D eigenvalue weighted by molar-refractivity contribution is 0.0634. The van der Waals surface area contributed by atoms with Gasteiger partial charge in [-0.3, -0.25) is 0 Å². The van der Waals surface area contributed by atoms with Crippen LogP contribution in [0.25, 0.3) is 21.5 Å². The van der Waals surface area contributed by atoms with Gasteiger partial charge in [-0.25, -0.2) is 0 Å². The maximum absolute atomic E-state index is 10.4. The van der Waals surface area contributed by atoms with Gasteiger partial charge in [0, 0.05) is 15.8 Å². The van der Waals surface area contributed by atoms with Crippen LogP contribution in [0, 0.1) is 6.92 Å². The molecule has 0 bridgehead atoms. The molecule has 0 spiro atoms. The normalized spacial score (nSPS) is 12.2. The maximum Gasteiger partial charge on any atom is 0.135 e. The van der Waals surface area contributed by atoms with Gasteiger partial charge in [0.05, 0.1) is 0 Å². The minimum Gasteiger partial charge on any atom is -0.490 e. The highest BCUT2D eigenvalue weighted by Gasteiger charge is 2.13. The summed E-state index contributed by atoms with van der Waals surface area (Å²) < 4.78 is 11.8. The molecule has 3 nitrogen and oxygen atoms in total. The first-order valence-corrected chi connectivity index (χ1v) is 9.60. The SMILES string of the molecule is Cc1ccccc1OCC(O)COc1c2ccccc2cc2ccc(Cl)cc12. The van der Waals surface area contributed by atoms with E-state index in [4.69, 9.17) is 21.1 Å². The number of fused-ring (bicyclic) bond motifs is 2. The largest absolute Gasteiger partial charge is 0.490 e. The van der Waals surface area contributed by atoms with Crippen LogP contribution < -0.4 is 9.47 Å². The Hall–Kier alpha value is -2.75. The molecule has 4 aromatic carbocycles. The molecule has 4 rings (SSSR count). The van der Waals surface area contributed by atoms with Crippen LogP contribution in [-0.4, -0.2) is 24.4 Å². The number of hydrogen-bond donors (Lipinski definition) is 1. The topological polar surface area (TPSA) is 38.7 Å². The molecule has 1 unspecified atom stereocenters. The van der Waals surface area contributed by atoms with Gasteiger partial charge in [0.15, 0.2) is 0 Å². The lowest BCUT2D eigenvalue weighted by Gasteiger charge is -2.17. The number of aliphatic hydroxyl groups is 1. The predicted molar refractivity (Wildman–Crippen MR) is 115 cm³/mol. The van der Waals surface area contributed by atoms with Crippen LogP contribution in [0.5, 0.6) is 11.5 Å². The van der Waals surface area contributed by atoms with Crippen LogP contribution in [0.3, 0.4) is 0 Å². The fourth-order valence-corrected chi connectivity index (χ4v) is 3.45. The lowest BCUT2D eigenvalue weighted by atomic mass is 10.0. The van der Waals surface area contributed by atoms with E-state index in [-0.39, 0.29) is 13.2 Å². The zero-order valence-corrected chi connectivity index (χ0v) is 16.3. The molecular formula is C24H21ClO3. The summed E-state index contributed by atoms with van der Waals surface area (Å²) in [6.07, 6.45) is -0.757. The molecular weight excluding hydrogens is 372 g/mol. The van der Waals surface area contributed by atoms with Gasteiger partial charge >= 0.3 is 0 Å². The molecule has 0 saturated heterocycles. The van der Waals surface area contributed by atoms with E-state index in [9.17, 15) is 5.11 Å². The summed E-state index contributed by atoms with van der Waals surface area (Å²) >= 11 is 6.21. The molecule has 0 heterocycles. The van der Waals surface area contributed by atoms with Crippen LogP contribution in [0.15, 0.2) is 72.8 Å². The highest BCUT2D eigenvalue weighted by molar-refractivity contribution is 6.31. The standard InChI is InChI=1S/C24H21ClO3/c1-16-6-2-5-9-23(16)27-14-20(26)15-28-24-21-8-4-3-7-17(21)12-18-10-11-19(25)13-22(18)24/h2-13,20,26H,14-15H2,1H3. The first-order valence-electron chi connectivity index (χ1n) is 9.22. The van der Waals surface area contributed by atoms with E-state index in [1.54, 1.807) is 0 Å². The molecule has 142 valence electrons. The van der Waals surface area contributed by atoms with Crippen molar-refractivity contribution >= 4 is 33.1 Å². The minimum atomic E-state index is -0.757. The Morgan fingerprint density at radius 1 is 0.821 bits per heavy atom. The number of ether oxygens (including phenoxy) is 2. The lowest BCUT2D eigenvalue weighted by Crippen LogP contribution is -2.25. The van der Waals surface area contributed by atoms with Gasteiger partial charge < -0.3 is 14.6 Å². The summed E-state index contributed by atoms with van der Waals surface area (Å²) in [6.45, 7) is 2.26. The molecule has 1 atom stereocenters. The summed E-state index contributed by atoms with van der Waals surface area (Å²) in [5, 5.41) is 15.1. The zero-order valence-electron chi connectivity index (χ0n) is 15.6. The maximum atomic E-state index is 10.4. The smallest absolute Gasteiger partial charge is 0.135 e. The van der Waals surface area contributed by atoms with Crippen LogP contribution >= 0.6 is 11.6 Å². The van der Waals surface area contributed by atoms with Crippen molar-refractivity contribution in [2.45, 2.75) is 13.0 Å². The Balaban J connectivity index is 1.56. The number of halogens is 1. The zero-order chi connectivity index (χ0) is 19.5. The molecule has 4 heteroatoms. The quantitative estimate of drug-likeness (QED) is 0.423. The van der Waals surface area contributed by atoms with Crippen LogP contribution in [0.1, 0.15) is 5.56 Å². The highest BCUT2D eigenvalue weighted by atomic mass is 35.5. The summed E-state index contributed by atoms with van der Waals surface area (Å²) in [5.74, 6) is 1.49. The molecule has 1 N–H and O–H groups in total. The van der Waals surface area contributed by atoms with Gasteiger partial charge in [-0.15, -0.1) is 0 Å². The molecule has 0 fully saturated rings. The van der Waals surface area contributed by atoms with Crippen molar-refractivity contribution < 1.29 is 14.6 Å². The first-order chi connectivity index (χ1) is 13.6. The van der Waals surface area contributed by atoms with Crippen LogP contribution in [-0.2, 0) is 0 Å². The van der Waals surface area contributed by atoms with E-state index in [0.29, 0.717) is 5.02 Å².